The number of benzene rings is 1. The molecule has 0 radical (unpaired) electrons. The summed E-state index contributed by atoms with van der Waals surface area (Å²) in [6.07, 6.45) is 4.14. The first-order valence-electron chi connectivity index (χ1n) is 10.2. The van der Waals surface area contributed by atoms with Crippen LogP contribution >= 0.6 is 0 Å². The van der Waals surface area contributed by atoms with Crippen LogP contribution in [0.15, 0.2) is 53.3 Å². The van der Waals surface area contributed by atoms with E-state index in [9.17, 15) is 4.79 Å². The maximum Gasteiger partial charge on any atom is 0.251 e. The van der Waals surface area contributed by atoms with Gasteiger partial charge in [-0.3, -0.25) is 14.7 Å². The number of rotatable bonds is 4. The summed E-state index contributed by atoms with van der Waals surface area (Å²) in [5.41, 5.74) is 2.76. The van der Waals surface area contributed by atoms with E-state index in [0.717, 1.165) is 18.5 Å². The summed E-state index contributed by atoms with van der Waals surface area (Å²) >= 11 is 0. The number of amides is 1. The molecule has 2 aromatic heterocycles. The SMILES string of the molecule is CN1C[C@H](NC(=O)c2ccc(C(C)(C)C)cc2)C[C@H]1c1nc(-c2cccnc2)no1. The van der Waals surface area contributed by atoms with E-state index in [-0.39, 0.29) is 23.4 Å². The number of nitrogens with zero attached hydrogens (tertiary/aromatic N) is 4. The predicted octanol–water partition coefficient (Wildman–Crippen LogP) is 3.60. The molecule has 1 aromatic carbocycles. The molecule has 0 saturated carbocycles. The molecule has 0 aliphatic carbocycles. The van der Waals surface area contributed by atoms with E-state index in [0.29, 0.717) is 17.3 Å². The Morgan fingerprint density at radius 3 is 2.63 bits per heavy atom. The monoisotopic (exact) mass is 405 g/mol. The molecule has 1 amide bonds. The fourth-order valence-electron chi connectivity index (χ4n) is 3.77. The molecule has 2 atom stereocenters. The van der Waals surface area contributed by atoms with Gasteiger partial charge in [-0.15, -0.1) is 0 Å². The third-order valence-electron chi connectivity index (χ3n) is 5.54. The van der Waals surface area contributed by atoms with Gasteiger partial charge in [0.2, 0.25) is 11.7 Å². The van der Waals surface area contributed by atoms with Crippen LogP contribution in [0.3, 0.4) is 0 Å². The normalized spacial score (nSPS) is 19.7. The highest BCUT2D eigenvalue weighted by Gasteiger charge is 2.35. The summed E-state index contributed by atoms with van der Waals surface area (Å²) in [6, 6.07) is 11.6. The number of nitrogens with one attached hydrogen (secondary N) is 1. The number of carbonyl (C=O) groups is 1. The molecule has 156 valence electrons. The van der Waals surface area contributed by atoms with Gasteiger partial charge in [-0.05, 0) is 48.7 Å². The van der Waals surface area contributed by atoms with E-state index >= 15 is 0 Å². The van der Waals surface area contributed by atoms with Crippen LogP contribution in [0.4, 0.5) is 0 Å². The van der Waals surface area contributed by atoms with E-state index in [1.54, 1.807) is 12.4 Å². The number of hydrogen-bond donors (Lipinski definition) is 1. The molecule has 1 saturated heterocycles. The summed E-state index contributed by atoms with van der Waals surface area (Å²) in [5.74, 6) is 1.02. The molecule has 4 rings (SSSR count). The van der Waals surface area contributed by atoms with Gasteiger partial charge in [0.25, 0.3) is 5.91 Å². The topological polar surface area (TPSA) is 84.2 Å². The Hall–Kier alpha value is -3.06. The first-order valence-corrected chi connectivity index (χ1v) is 10.2. The summed E-state index contributed by atoms with van der Waals surface area (Å²) in [7, 11) is 2.00. The number of aromatic nitrogens is 3. The van der Waals surface area contributed by atoms with Gasteiger partial charge in [-0.25, -0.2) is 0 Å². The Kier molecular flexibility index (Phi) is 5.39. The van der Waals surface area contributed by atoms with Crippen LogP contribution in [0, 0.1) is 0 Å². The zero-order valence-electron chi connectivity index (χ0n) is 17.8. The van der Waals surface area contributed by atoms with Crippen LogP contribution in [0.2, 0.25) is 0 Å². The largest absolute Gasteiger partial charge is 0.348 e. The van der Waals surface area contributed by atoms with Crippen LogP contribution < -0.4 is 5.32 Å². The van der Waals surface area contributed by atoms with E-state index in [2.05, 4.69) is 46.1 Å². The number of carbonyl (C=O) groups excluding carboxylic acids is 1. The average Bonchev–Trinajstić information content (AvgIpc) is 3.35. The predicted molar refractivity (Wildman–Crippen MR) is 114 cm³/mol. The van der Waals surface area contributed by atoms with Crippen LogP contribution in [-0.2, 0) is 5.41 Å². The lowest BCUT2D eigenvalue weighted by Gasteiger charge is -2.19. The maximum absolute atomic E-state index is 12.7. The minimum Gasteiger partial charge on any atom is -0.348 e. The molecule has 0 unspecified atom stereocenters. The molecule has 1 aliphatic heterocycles. The summed E-state index contributed by atoms with van der Waals surface area (Å²) in [5, 5.41) is 7.23. The second-order valence-corrected chi connectivity index (χ2v) is 8.89. The van der Waals surface area contributed by atoms with Crippen LogP contribution in [0.1, 0.15) is 55.0 Å². The van der Waals surface area contributed by atoms with Gasteiger partial charge < -0.3 is 9.84 Å². The highest BCUT2D eigenvalue weighted by Crippen LogP contribution is 2.31. The second kappa shape index (κ2) is 7.99. The molecule has 3 heterocycles. The quantitative estimate of drug-likeness (QED) is 0.714. The Labute approximate surface area is 176 Å². The first-order chi connectivity index (χ1) is 14.3. The minimum atomic E-state index is -0.0592. The lowest BCUT2D eigenvalue weighted by atomic mass is 9.86. The molecular weight excluding hydrogens is 378 g/mol. The van der Waals surface area contributed by atoms with Crippen molar-refractivity contribution in [2.45, 2.75) is 44.7 Å². The molecule has 7 nitrogen and oxygen atoms in total. The van der Waals surface area contributed by atoms with E-state index in [1.807, 2.05) is 43.4 Å². The third kappa shape index (κ3) is 4.26. The van der Waals surface area contributed by atoms with Gasteiger partial charge in [0, 0.05) is 36.1 Å². The number of pyridine rings is 1. The van der Waals surface area contributed by atoms with Crippen molar-refractivity contribution >= 4 is 5.91 Å². The van der Waals surface area contributed by atoms with Crippen molar-refractivity contribution in [2.75, 3.05) is 13.6 Å². The second-order valence-electron chi connectivity index (χ2n) is 8.89. The Morgan fingerprint density at radius 1 is 1.20 bits per heavy atom. The zero-order chi connectivity index (χ0) is 21.3. The number of likely N-dealkylation sites (tertiary alicyclic amines) is 1. The molecule has 0 bridgehead atoms. The van der Waals surface area contributed by atoms with Gasteiger partial charge in [-0.2, -0.15) is 4.98 Å². The standard InChI is InChI=1S/C23H27N5O2/c1-23(2,3)17-9-7-15(8-10-17)21(29)25-18-12-19(28(4)14-18)22-26-20(27-30-22)16-6-5-11-24-13-16/h5-11,13,18-19H,12,14H2,1-4H3,(H,25,29)/t18-,19+/m1/s1. The van der Waals surface area contributed by atoms with Crippen molar-refractivity contribution in [3.63, 3.8) is 0 Å². The lowest BCUT2D eigenvalue weighted by Crippen LogP contribution is -2.36. The van der Waals surface area contributed by atoms with Crippen molar-refractivity contribution in [1.82, 2.24) is 25.3 Å². The van der Waals surface area contributed by atoms with Gasteiger partial charge >= 0.3 is 0 Å². The van der Waals surface area contributed by atoms with Crippen molar-refractivity contribution in [1.29, 1.82) is 0 Å². The molecule has 1 fully saturated rings. The minimum absolute atomic E-state index is 0.0172. The number of hydrogen-bond acceptors (Lipinski definition) is 6. The summed E-state index contributed by atoms with van der Waals surface area (Å²) in [6.45, 7) is 7.20. The highest BCUT2D eigenvalue weighted by molar-refractivity contribution is 5.94. The number of likely N-dealkylation sites (N-methyl/N-ethyl adjacent to an activating group) is 1. The van der Waals surface area contributed by atoms with Gasteiger partial charge in [-0.1, -0.05) is 38.1 Å². The highest BCUT2D eigenvalue weighted by atomic mass is 16.5. The smallest absolute Gasteiger partial charge is 0.251 e. The molecule has 0 spiro atoms. The van der Waals surface area contributed by atoms with Crippen molar-refractivity contribution in [3.8, 4) is 11.4 Å². The van der Waals surface area contributed by atoms with Gasteiger partial charge in [0.05, 0.1) is 6.04 Å². The van der Waals surface area contributed by atoms with Crippen LogP contribution in [-0.4, -0.2) is 45.6 Å². The fraction of sp³-hybridized carbons (Fsp3) is 0.391. The van der Waals surface area contributed by atoms with E-state index < -0.39 is 0 Å². The Bertz CT molecular complexity index is 1010. The van der Waals surface area contributed by atoms with Crippen LogP contribution in [0.5, 0.6) is 0 Å². The summed E-state index contributed by atoms with van der Waals surface area (Å²) in [4.78, 5) is 23.5. The molecule has 1 N–H and O–H groups in total. The summed E-state index contributed by atoms with van der Waals surface area (Å²) < 4.78 is 5.51. The lowest BCUT2D eigenvalue weighted by molar-refractivity contribution is 0.0938. The third-order valence-corrected chi connectivity index (χ3v) is 5.54. The zero-order valence-corrected chi connectivity index (χ0v) is 17.8. The van der Waals surface area contributed by atoms with Gasteiger partial charge in [0.15, 0.2) is 0 Å². The molecule has 1 aliphatic rings. The van der Waals surface area contributed by atoms with Crippen LogP contribution in [0.25, 0.3) is 11.4 Å². The van der Waals surface area contributed by atoms with Crippen molar-refractivity contribution in [3.05, 3.63) is 65.8 Å². The van der Waals surface area contributed by atoms with Gasteiger partial charge in [0.1, 0.15) is 0 Å². The fourth-order valence-corrected chi connectivity index (χ4v) is 3.77. The molecule has 30 heavy (non-hydrogen) atoms. The Morgan fingerprint density at radius 2 is 1.97 bits per heavy atom. The van der Waals surface area contributed by atoms with Crippen molar-refractivity contribution < 1.29 is 9.32 Å². The first kappa shape index (κ1) is 20.2. The molecule has 3 aromatic rings. The average molecular weight is 406 g/mol. The Balaban J connectivity index is 1.41. The molecule has 7 heteroatoms. The molecular formula is C23H27N5O2. The maximum atomic E-state index is 12.7. The van der Waals surface area contributed by atoms with E-state index in [4.69, 9.17) is 4.52 Å². The van der Waals surface area contributed by atoms with E-state index in [1.165, 1.54) is 5.56 Å². The van der Waals surface area contributed by atoms with Crippen molar-refractivity contribution in [2.24, 2.45) is 0 Å².